The van der Waals surface area contributed by atoms with Crippen LogP contribution in [0.15, 0.2) is 12.3 Å². The Morgan fingerprint density at radius 2 is 2.50 bits per heavy atom. The van der Waals surface area contributed by atoms with Crippen molar-refractivity contribution in [1.29, 1.82) is 0 Å². The number of aromatic nitrogens is 2. The van der Waals surface area contributed by atoms with Gasteiger partial charge in [-0.15, -0.1) is 0 Å². The first-order valence-electron chi connectivity index (χ1n) is 4.63. The largest absolute Gasteiger partial charge is 0.344 e. The second kappa shape index (κ2) is 4.23. The van der Waals surface area contributed by atoms with Crippen LogP contribution in [-0.2, 0) is 0 Å². The van der Waals surface area contributed by atoms with Crippen LogP contribution >= 0.6 is 0 Å². The third-order valence-corrected chi connectivity index (χ3v) is 2.39. The van der Waals surface area contributed by atoms with Crippen molar-refractivity contribution in [1.82, 2.24) is 15.5 Å². The average molecular weight is 196 g/mol. The Kier molecular flexibility index (Phi) is 3.24. The number of rotatable bonds is 4. The number of hydrogen-bond donors (Lipinski definition) is 3. The lowest BCUT2D eigenvalue weighted by Gasteiger charge is -2.27. The minimum Gasteiger partial charge on any atom is -0.344 e. The van der Waals surface area contributed by atoms with Gasteiger partial charge in [0.15, 0.2) is 0 Å². The number of carbonyl (C=O) groups is 1. The Morgan fingerprint density at radius 1 is 1.79 bits per heavy atom. The van der Waals surface area contributed by atoms with E-state index >= 15 is 0 Å². The summed E-state index contributed by atoms with van der Waals surface area (Å²) in [6.07, 6.45) is 2.34. The number of nitrogens with two attached hydrogens (primary N) is 1. The molecule has 0 aliphatic heterocycles. The van der Waals surface area contributed by atoms with Crippen molar-refractivity contribution in [3.8, 4) is 0 Å². The quantitative estimate of drug-likeness (QED) is 0.646. The lowest BCUT2D eigenvalue weighted by Crippen LogP contribution is -2.50. The zero-order valence-electron chi connectivity index (χ0n) is 8.50. The minimum absolute atomic E-state index is 0.169. The minimum atomic E-state index is -0.345. The fraction of sp³-hybridized carbons (Fsp3) is 0.556. The number of carbonyl (C=O) groups excluding carboxylic acids is 1. The summed E-state index contributed by atoms with van der Waals surface area (Å²) in [4.78, 5) is 11.6. The van der Waals surface area contributed by atoms with Crippen LogP contribution in [0.5, 0.6) is 0 Å². The van der Waals surface area contributed by atoms with E-state index in [2.05, 4.69) is 15.5 Å². The van der Waals surface area contributed by atoms with Gasteiger partial charge in [0.25, 0.3) is 5.91 Å². The van der Waals surface area contributed by atoms with Gasteiger partial charge in [0.05, 0.1) is 0 Å². The smallest absolute Gasteiger partial charge is 0.269 e. The van der Waals surface area contributed by atoms with Gasteiger partial charge in [-0.1, -0.05) is 6.92 Å². The van der Waals surface area contributed by atoms with Gasteiger partial charge in [-0.2, -0.15) is 5.10 Å². The number of hydrogen-bond acceptors (Lipinski definition) is 3. The van der Waals surface area contributed by atoms with Crippen LogP contribution in [0.2, 0.25) is 0 Å². The molecular weight excluding hydrogens is 180 g/mol. The van der Waals surface area contributed by atoms with E-state index in [0.717, 1.165) is 6.42 Å². The summed E-state index contributed by atoms with van der Waals surface area (Å²) in [7, 11) is 0. The molecule has 0 radical (unpaired) electrons. The molecule has 14 heavy (non-hydrogen) atoms. The van der Waals surface area contributed by atoms with Crippen molar-refractivity contribution < 1.29 is 4.79 Å². The van der Waals surface area contributed by atoms with Gasteiger partial charge >= 0.3 is 0 Å². The first-order chi connectivity index (χ1) is 6.61. The molecule has 5 heteroatoms. The molecule has 0 aliphatic carbocycles. The number of nitrogens with zero attached hydrogens (tertiary/aromatic N) is 1. The standard InChI is InChI=1S/C9H16N4O/c1-3-9(2,6-10)12-8(14)7-4-5-11-13-7/h4-5H,3,6,10H2,1-2H3,(H,11,13)(H,12,14). The summed E-state index contributed by atoms with van der Waals surface area (Å²) in [6, 6.07) is 1.63. The average Bonchev–Trinajstić information content (AvgIpc) is 2.70. The molecule has 0 saturated heterocycles. The van der Waals surface area contributed by atoms with E-state index in [0.29, 0.717) is 12.2 Å². The van der Waals surface area contributed by atoms with Crippen molar-refractivity contribution in [2.45, 2.75) is 25.8 Å². The molecular formula is C9H16N4O. The van der Waals surface area contributed by atoms with E-state index < -0.39 is 0 Å². The van der Waals surface area contributed by atoms with Crippen LogP contribution in [0, 0.1) is 0 Å². The molecule has 1 amide bonds. The highest BCUT2D eigenvalue weighted by atomic mass is 16.2. The highest BCUT2D eigenvalue weighted by molar-refractivity contribution is 5.92. The molecule has 1 unspecified atom stereocenters. The zero-order valence-corrected chi connectivity index (χ0v) is 8.50. The van der Waals surface area contributed by atoms with E-state index in [9.17, 15) is 4.79 Å². The predicted molar refractivity (Wildman–Crippen MR) is 53.8 cm³/mol. The Morgan fingerprint density at radius 3 is 2.93 bits per heavy atom. The van der Waals surface area contributed by atoms with Crippen LogP contribution in [0.1, 0.15) is 30.8 Å². The van der Waals surface area contributed by atoms with Gasteiger partial charge < -0.3 is 11.1 Å². The molecule has 1 heterocycles. The predicted octanol–water partition coefficient (Wildman–Crippen LogP) is 0.267. The normalized spacial score (nSPS) is 14.8. The maximum Gasteiger partial charge on any atom is 0.269 e. The number of H-pyrrole nitrogens is 1. The third-order valence-electron chi connectivity index (χ3n) is 2.39. The third kappa shape index (κ3) is 2.32. The first-order valence-corrected chi connectivity index (χ1v) is 4.63. The highest BCUT2D eigenvalue weighted by Crippen LogP contribution is 2.07. The molecule has 4 N–H and O–H groups in total. The Bertz CT molecular complexity index is 290. The monoisotopic (exact) mass is 196 g/mol. The lowest BCUT2D eigenvalue weighted by molar-refractivity contribution is 0.0901. The van der Waals surface area contributed by atoms with Gasteiger partial charge in [-0.3, -0.25) is 9.89 Å². The van der Waals surface area contributed by atoms with Crippen LogP contribution in [0.4, 0.5) is 0 Å². The summed E-state index contributed by atoms with van der Waals surface area (Å²) in [6.45, 7) is 4.32. The maximum atomic E-state index is 11.6. The SMILES string of the molecule is CCC(C)(CN)NC(=O)c1ccn[nH]1. The molecule has 0 bridgehead atoms. The molecule has 0 aliphatic rings. The Balaban J connectivity index is 2.65. The van der Waals surface area contributed by atoms with Crippen LogP contribution in [-0.4, -0.2) is 28.2 Å². The second-order valence-corrected chi connectivity index (χ2v) is 3.54. The molecule has 1 aromatic heterocycles. The first kappa shape index (κ1) is 10.7. The van der Waals surface area contributed by atoms with Crippen molar-refractivity contribution in [3.05, 3.63) is 18.0 Å². The molecule has 1 atom stereocenters. The second-order valence-electron chi connectivity index (χ2n) is 3.54. The molecule has 0 saturated carbocycles. The summed E-state index contributed by atoms with van der Waals surface area (Å²) < 4.78 is 0. The number of aromatic amines is 1. The van der Waals surface area contributed by atoms with Gasteiger partial charge in [-0.05, 0) is 19.4 Å². The van der Waals surface area contributed by atoms with Gasteiger partial charge in [-0.25, -0.2) is 0 Å². The van der Waals surface area contributed by atoms with E-state index in [1.54, 1.807) is 12.3 Å². The van der Waals surface area contributed by atoms with Gasteiger partial charge in [0.2, 0.25) is 0 Å². The summed E-state index contributed by atoms with van der Waals surface area (Å²) in [5.74, 6) is -0.169. The molecule has 0 fully saturated rings. The number of nitrogens with one attached hydrogen (secondary N) is 2. The van der Waals surface area contributed by atoms with Crippen molar-refractivity contribution in [2.75, 3.05) is 6.54 Å². The summed E-state index contributed by atoms with van der Waals surface area (Å²) >= 11 is 0. The zero-order chi connectivity index (χ0) is 10.6. The molecule has 5 nitrogen and oxygen atoms in total. The number of amides is 1. The van der Waals surface area contributed by atoms with E-state index in [1.165, 1.54) is 0 Å². The van der Waals surface area contributed by atoms with Crippen LogP contribution in [0.25, 0.3) is 0 Å². The van der Waals surface area contributed by atoms with E-state index in [4.69, 9.17) is 5.73 Å². The van der Waals surface area contributed by atoms with E-state index in [-0.39, 0.29) is 11.4 Å². The van der Waals surface area contributed by atoms with Gasteiger partial charge in [0.1, 0.15) is 5.69 Å². The topological polar surface area (TPSA) is 83.8 Å². The van der Waals surface area contributed by atoms with Crippen molar-refractivity contribution >= 4 is 5.91 Å². The van der Waals surface area contributed by atoms with Crippen LogP contribution in [0.3, 0.4) is 0 Å². The van der Waals surface area contributed by atoms with E-state index in [1.807, 2.05) is 13.8 Å². The summed E-state index contributed by atoms with van der Waals surface area (Å²) in [5, 5.41) is 9.17. The van der Waals surface area contributed by atoms with Crippen molar-refractivity contribution in [3.63, 3.8) is 0 Å². The highest BCUT2D eigenvalue weighted by Gasteiger charge is 2.23. The summed E-state index contributed by atoms with van der Waals surface area (Å²) in [5.41, 5.74) is 5.69. The maximum absolute atomic E-state index is 11.6. The molecule has 1 rings (SSSR count). The Labute approximate surface area is 83.1 Å². The van der Waals surface area contributed by atoms with Crippen molar-refractivity contribution in [2.24, 2.45) is 5.73 Å². The molecule has 1 aromatic rings. The molecule has 0 aromatic carbocycles. The fourth-order valence-corrected chi connectivity index (χ4v) is 1.01. The molecule has 78 valence electrons. The van der Waals surface area contributed by atoms with Gasteiger partial charge in [0, 0.05) is 18.3 Å². The van der Waals surface area contributed by atoms with Crippen LogP contribution < -0.4 is 11.1 Å². The Hall–Kier alpha value is -1.36. The fourth-order valence-electron chi connectivity index (χ4n) is 1.01. The lowest BCUT2D eigenvalue weighted by atomic mass is 9.99. The molecule has 0 spiro atoms.